The molecule has 0 radical (unpaired) electrons. The van der Waals surface area contributed by atoms with Gasteiger partial charge in [0.15, 0.2) is 0 Å². The number of pyridine rings is 1. The fourth-order valence-electron chi connectivity index (χ4n) is 3.61. The highest BCUT2D eigenvalue weighted by Crippen LogP contribution is 2.38. The minimum absolute atomic E-state index is 0.296. The minimum Gasteiger partial charge on any atom is -0.384 e. The zero-order chi connectivity index (χ0) is 18.9. The van der Waals surface area contributed by atoms with Gasteiger partial charge in [-0.05, 0) is 42.7 Å². The molecule has 1 saturated heterocycles. The molecule has 0 bridgehead atoms. The molecule has 7 nitrogen and oxygen atoms in total. The summed E-state index contributed by atoms with van der Waals surface area (Å²) in [7, 11) is -3.60. The Morgan fingerprint density at radius 3 is 2.74 bits per heavy atom. The van der Waals surface area contributed by atoms with Crippen LogP contribution in [-0.2, 0) is 10.0 Å². The first kappa shape index (κ1) is 17.7. The van der Waals surface area contributed by atoms with Crippen molar-refractivity contribution in [2.75, 3.05) is 12.3 Å². The van der Waals surface area contributed by atoms with Gasteiger partial charge in [0.05, 0.1) is 22.8 Å². The van der Waals surface area contributed by atoms with E-state index in [1.165, 1.54) is 0 Å². The summed E-state index contributed by atoms with van der Waals surface area (Å²) in [6.07, 6.45) is 5.89. The summed E-state index contributed by atoms with van der Waals surface area (Å²) in [5.41, 5.74) is 8.33. The highest BCUT2D eigenvalue weighted by atomic mass is 32.2. The van der Waals surface area contributed by atoms with Crippen LogP contribution in [0.1, 0.15) is 31.0 Å². The lowest BCUT2D eigenvalue weighted by Gasteiger charge is -2.34. The molecular weight excluding hydrogens is 362 g/mol. The van der Waals surface area contributed by atoms with Gasteiger partial charge in [0.1, 0.15) is 5.82 Å². The van der Waals surface area contributed by atoms with Crippen LogP contribution in [0, 0.1) is 0 Å². The Morgan fingerprint density at radius 1 is 1.15 bits per heavy atom. The molecule has 8 heteroatoms. The van der Waals surface area contributed by atoms with Crippen molar-refractivity contribution >= 4 is 15.8 Å². The van der Waals surface area contributed by atoms with E-state index in [0.29, 0.717) is 17.3 Å². The van der Waals surface area contributed by atoms with Crippen LogP contribution in [-0.4, -0.2) is 34.4 Å². The van der Waals surface area contributed by atoms with E-state index in [4.69, 9.17) is 5.73 Å². The molecular formula is C19H21N5O2S. The summed E-state index contributed by atoms with van der Waals surface area (Å²) in [5.74, 6) is 0.414. The first-order valence-corrected chi connectivity index (χ1v) is 10.3. The Hall–Kier alpha value is -2.71. The molecule has 3 aromatic rings. The molecule has 1 unspecified atom stereocenters. The number of nitrogens with one attached hydrogen (secondary N) is 1. The molecule has 1 aromatic carbocycles. The molecule has 140 valence electrons. The van der Waals surface area contributed by atoms with Crippen molar-refractivity contribution in [2.45, 2.75) is 30.2 Å². The number of piperidine rings is 1. The number of nitrogens with two attached hydrogens (primary N) is 1. The Balaban J connectivity index is 1.76. The Labute approximate surface area is 158 Å². The van der Waals surface area contributed by atoms with Gasteiger partial charge in [-0.25, -0.2) is 13.4 Å². The van der Waals surface area contributed by atoms with Gasteiger partial charge in [0.2, 0.25) is 10.0 Å². The number of nitrogens with zero attached hydrogens (tertiary/aromatic N) is 3. The number of aromatic nitrogens is 3. The molecule has 1 aliphatic rings. The summed E-state index contributed by atoms with van der Waals surface area (Å²) in [6.45, 7) is 0.485. The normalized spacial score (nSPS) is 18.4. The van der Waals surface area contributed by atoms with E-state index in [9.17, 15) is 8.42 Å². The highest BCUT2D eigenvalue weighted by molar-refractivity contribution is 7.89. The molecule has 0 aliphatic carbocycles. The van der Waals surface area contributed by atoms with Gasteiger partial charge in [0, 0.05) is 18.3 Å². The van der Waals surface area contributed by atoms with Gasteiger partial charge in [-0.3, -0.25) is 5.10 Å². The summed E-state index contributed by atoms with van der Waals surface area (Å²) in [6, 6.07) is 11.9. The van der Waals surface area contributed by atoms with Crippen LogP contribution < -0.4 is 5.73 Å². The number of sulfonamides is 1. The van der Waals surface area contributed by atoms with Crippen molar-refractivity contribution in [2.24, 2.45) is 0 Å². The molecule has 1 fully saturated rings. The molecule has 3 heterocycles. The fourth-order valence-corrected chi connectivity index (χ4v) is 5.29. The smallest absolute Gasteiger partial charge is 0.243 e. The number of anilines is 1. The highest BCUT2D eigenvalue weighted by Gasteiger charge is 2.36. The average Bonchev–Trinajstić information content (AvgIpc) is 3.18. The van der Waals surface area contributed by atoms with E-state index < -0.39 is 10.0 Å². The van der Waals surface area contributed by atoms with Crippen LogP contribution in [0.3, 0.4) is 0 Å². The number of H-pyrrole nitrogens is 1. The maximum Gasteiger partial charge on any atom is 0.243 e. The third-order valence-electron chi connectivity index (χ3n) is 4.90. The van der Waals surface area contributed by atoms with Crippen LogP contribution in [0.4, 0.5) is 5.82 Å². The minimum atomic E-state index is -3.60. The molecule has 0 spiro atoms. The number of hydrogen-bond acceptors (Lipinski definition) is 5. The van der Waals surface area contributed by atoms with Gasteiger partial charge < -0.3 is 5.73 Å². The van der Waals surface area contributed by atoms with E-state index in [2.05, 4.69) is 15.2 Å². The predicted octanol–water partition coefficient (Wildman–Crippen LogP) is 2.97. The number of benzene rings is 1. The van der Waals surface area contributed by atoms with Crippen LogP contribution in [0.25, 0.3) is 11.1 Å². The van der Waals surface area contributed by atoms with Crippen molar-refractivity contribution < 1.29 is 8.42 Å². The molecule has 2 aromatic heterocycles. The topological polar surface area (TPSA) is 105 Å². The maximum atomic E-state index is 13.3. The van der Waals surface area contributed by atoms with Crippen LogP contribution in [0.2, 0.25) is 0 Å². The van der Waals surface area contributed by atoms with Gasteiger partial charge in [-0.1, -0.05) is 24.6 Å². The number of aromatic amines is 1. The van der Waals surface area contributed by atoms with Crippen LogP contribution in [0.5, 0.6) is 0 Å². The zero-order valence-corrected chi connectivity index (χ0v) is 15.6. The van der Waals surface area contributed by atoms with Gasteiger partial charge in [0.25, 0.3) is 0 Å². The van der Waals surface area contributed by atoms with Gasteiger partial charge >= 0.3 is 0 Å². The Kier molecular flexibility index (Phi) is 4.67. The van der Waals surface area contributed by atoms with Crippen LogP contribution in [0.15, 0.2) is 59.8 Å². The second-order valence-corrected chi connectivity index (χ2v) is 8.50. The summed E-state index contributed by atoms with van der Waals surface area (Å²) < 4.78 is 28.1. The second-order valence-electron chi connectivity index (χ2n) is 6.61. The predicted molar refractivity (Wildman–Crippen MR) is 103 cm³/mol. The SMILES string of the molecule is Nc1cc(-c2cn[nH]c2C2CCCCN2S(=O)(=O)c2ccccc2)ccn1. The van der Waals surface area contributed by atoms with E-state index in [1.807, 2.05) is 12.1 Å². The molecule has 1 atom stereocenters. The van der Waals surface area contributed by atoms with Gasteiger partial charge in [-0.15, -0.1) is 0 Å². The van der Waals surface area contributed by atoms with Gasteiger partial charge in [-0.2, -0.15) is 9.40 Å². The molecule has 0 amide bonds. The number of rotatable bonds is 4. The molecule has 27 heavy (non-hydrogen) atoms. The number of nitrogen functional groups attached to an aromatic ring is 1. The lowest BCUT2D eigenvalue weighted by atomic mass is 9.97. The standard InChI is InChI=1S/C19H21N5O2S/c20-18-12-14(9-10-21-18)16-13-22-23-19(16)17-8-4-5-11-24(17)27(25,26)15-6-2-1-3-7-15/h1-3,6-7,9-10,12-13,17H,4-5,8,11H2,(H2,20,21)(H,22,23). The average molecular weight is 383 g/mol. The molecule has 1 aliphatic heterocycles. The largest absolute Gasteiger partial charge is 0.384 e. The third-order valence-corrected chi connectivity index (χ3v) is 6.82. The zero-order valence-electron chi connectivity index (χ0n) is 14.7. The summed E-state index contributed by atoms with van der Waals surface area (Å²) >= 11 is 0. The van der Waals surface area contributed by atoms with Crippen LogP contribution >= 0.6 is 0 Å². The fraction of sp³-hybridized carbons (Fsp3) is 0.263. The molecule has 0 saturated carbocycles. The van der Waals surface area contributed by atoms with Crippen molar-refractivity contribution in [1.82, 2.24) is 19.5 Å². The Morgan fingerprint density at radius 2 is 1.96 bits per heavy atom. The molecule has 3 N–H and O–H groups in total. The quantitative estimate of drug-likeness (QED) is 0.721. The number of hydrogen-bond donors (Lipinski definition) is 2. The third kappa shape index (κ3) is 3.33. The second kappa shape index (κ2) is 7.13. The summed E-state index contributed by atoms with van der Waals surface area (Å²) in [4.78, 5) is 4.34. The van der Waals surface area contributed by atoms with Crippen molar-refractivity contribution in [3.63, 3.8) is 0 Å². The monoisotopic (exact) mass is 383 g/mol. The summed E-state index contributed by atoms with van der Waals surface area (Å²) in [5, 5.41) is 7.21. The Bertz CT molecular complexity index is 1030. The van der Waals surface area contributed by atoms with E-state index in [0.717, 1.165) is 36.1 Å². The van der Waals surface area contributed by atoms with E-state index >= 15 is 0 Å². The van der Waals surface area contributed by atoms with Crippen molar-refractivity contribution in [3.05, 3.63) is 60.6 Å². The van der Waals surface area contributed by atoms with Crippen molar-refractivity contribution in [3.8, 4) is 11.1 Å². The lowest BCUT2D eigenvalue weighted by Crippen LogP contribution is -2.38. The lowest BCUT2D eigenvalue weighted by molar-refractivity contribution is 0.252. The first-order chi connectivity index (χ1) is 13.1. The maximum absolute atomic E-state index is 13.3. The first-order valence-electron chi connectivity index (χ1n) is 8.89. The van der Waals surface area contributed by atoms with Crippen molar-refractivity contribution in [1.29, 1.82) is 0 Å². The van der Waals surface area contributed by atoms with E-state index in [-0.39, 0.29) is 6.04 Å². The molecule has 4 rings (SSSR count). The van der Waals surface area contributed by atoms with E-state index in [1.54, 1.807) is 47.0 Å².